The number of nitrogens with two attached hydrogens (primary N) is 1. The number of benzene rings is 1. The van der Waals surface area contributed by atoms with Crippen LogP contribution in [0.5, 0.6) is 5.75 Å². The number of hydrogen-bond acceptors (Lipinski definition) is 10. The molecule has 0 saturated carbocycles. The molecule has 204 valence electrons. The van der Waals surface area contributed by atoms with Gasteiger partial charge in [0.2, 0.25) is 5.95 Å². The fourth-order valence-corrected chi connectivity index (χ4v) is 4.99. The molecule has 1 saturated heterocycles. The molecule has 40 heavy (non-hydrogen) atoms. The van der Waals surface area contributed by atoms with E-state index in [9.17, 15) is 4.79 Å². The van der Waals surface area contributed by atoms with Crippen molar-refractivity contribution in [1.29, 1.82) is 0 Å². The molecule has 0 spiro atoms. The molecule has 0 aliphatic carbocycles. The standard InChI is InChI=1S/C29H31N9O2/c30-29-32-10-7-24(36-29)23-18-35-27(22-8-14-40-26(22)23)34-16-19-3-1-4-20(15-19)28(39)37-25-6-5-21(17-33-25)38-12-2-9-31-11-13-38/h1,3-7,10,15,17-18,31H,2,8-9,11-14,16H2,(H,34,35)(H2,30,32,36)(H,33,37,39). The van der Waals surface area contributed by atoms with Gasteiger partial charge in [0.15, 0.2) is 0 Å². The van der Waals surface area contributed by atoms with Gasteiger partial charge in [0, 0.05) is 56.1 Å². The molecule has 4 aromatic rings. The van der Waals surface area contributed by atoms with Crippen molar-refractivity contribution in [1.82, 2.24) is 25.3 Å². The minimum Gasteiger partial charge on any atom is -0.492 e. The summed E-state index contributed by atoms with van der Waals surface area (Å²) in [4.78, 5) is 32.7. The Morgan fingerprint density at radius 1 is 1.07 bits per heavy atom. The van der Waals surface area contributed by atoms with Crippen LogP contribution in [-0.4, -0.2) is 58.6 Å². The van der Waals surface area contributed by atoms with E-state index < -0.39 is 0 Å². The van der Waals surface area contributed by atoms with Crippen LogP contribution in [0.2, 0.25) is 0 Å². The highest BCUT2D eigenvalue weighted by molar-refractivity contribution is 6.03. The summed E-state index contributed by atoms with van der Waals surface area (Å²) in [5.74, 6) is 2.03. The highest BCUT2D eigenvalue weighted by Gasteiger charge is 2.23. The van der Waals surface area contributed by atoms with Gasteiger partial charge in [-0.05, 0) is 48.9 Å². The van der Waals surface area contributed by atoms with Crippen molar-refractivity contribution in [3.05, 3.63) is 77.7 Å². The average molecular weight is 538 g/mol. The molecule has 2 aliphatic rings. The average Bonchev–Trinajstić information content (AvgIpc) is 3.32. The largest absolute Gasteiger partial charge is 0.492 e. The molecule has 0 bridgehead atoms. The number of nitrogens with zero attached hydrogens (tertiary/aromatic N) is 5. The number of fused-ring (bicyclic) bond motifs is 1. The van der Waals surface area contributed by atoms with E-state index in [0.717, 1.165) is 73.0 Å². The number of pyridine rings is 2. The number of ether oxygens (including phenoxy) is 1. The van der Waals surface area contributed by atoms with E-state index in [0.29, 0.717) is 30.2 Å². The summed E-state index contributed by atoms with van der Waals surface area (Å²) in [6, 6.07) is 13.2. The summed E-state index contributed by atoms with van der Waals surface area (Å²) in [6.45, 7) is 5.00. The minimum atomic E-state index is -0.207. The lowest BCUT2D eigenvalue weighted by atomic mass is 10.1. The van der Waals surface area contributed by atoms with Gasteiger partial charge >= 0.3 is 0 Å². The van der Waals surface area contributed by atoms with Crippen LogP contribution in [0.4, 0.5) is 23.3 Å². The smallest absolute Gasteiger partial charge is 0.256 e. The molecule has 3 aromatic heterocycles. The van der Waals surface area contributed by atoms with Crippen molar-refractivity contribution >= 4 is 29.2 Å². The zero-order chi connectivity index (χ0) is 27.3. The van der Waals surface area contributed by atoms with E-state index in [1.807, 2.05) is 36.5 Å². The Balaban J connectivity index is 1.11. The number of amides is 1. The third-order valence-corrected chi connectivity index (χ3v) is 7.02. The van der Waals surface area contributed by atoms with Crippen LogP contribution in [0.1, 0.15) is 27.9 Å². The molecule has 1 fully saturated rings. The Bertz CT molecular complexity index is 1500. The lowest BCUT2D eigenvalue weighted by Crippen LogP contribution is -2.27. The summed E-state index contributed by atoms with van der Waals surface area (Å²) >= 11 is 0. The van der Waals surface area contributed by atoms with Gasteiger partial charge in [0.05, 0.1) is 29.7 Å². The van der Waals surface area contributed by atoms with Crippen molar-refractivity contribution in [2.24, 2.45) is 0 Å². The minimum absolute atomic E-state index is 0.203. The van der Waals surface area contributed by atoms with Crippen molar-refractivity contribution in [3.63, 3.8) is 0 Å². The number of nitrogen functional groups attached to an aromatic ring is 1. The normalized spacial score (nSPS) is 14.7. The Morgan fingerprint density at radius 3 is 2.90 bits per heavy atom. The topological polar surface area (TPSA) is 143 Å². The molecule has 6 rings (SSSR count). The summed E-state index contributed by atoms with van der Waals surface area (Å²) < 4.78 is 5.93. The molecule has 1 amide bonds. The van der Waals surface area contributed by atoms with Crippen molar-refractivity contribution in [3.8, 4) is 17.0 Å². The molecule has 5 N–H and O–H groups in total. The molecule has 0 unspecified atom stereocenters. The van der Waals surface area contributed by atoms with Crippen LogP contribution in [-0.2, 0) is 13.0 Å². The predicted octanol–water partition coefficient (Wildman–Crippen LogP) is 3.11. The Hall–Kier alpha value is -4.77. The molecule has 5 heterocycles. The van der Waals surface area contributed by atoms with Gasteiger partial charge in [-0.2, -0.15) is 0 Å². The number of hydrogen-bond donors (Lipinski definition) is 4. The lowest BCUT2D eigenvalue weighted by molar-refractivity contribution is 0.102. The van der Waals surface area contributed by atoms with E-state index in [1.54, 1.807) is 24.5 Å². The van der Waals surface area contributed by atoms with Gasteiger partial charge in [0.1, 0.15) is 17.4 Å². The Kier molecular flexibility index (Phi) is 7.36. The first-order chi connectivity index (χ1) is 19.6. The Morgan fingerprint density at radius 2 is 2.02 bits per heavy atom. The lowest BCUT2D eigenvalue weighted by Gasteiger charge is -2.21. The van der Waals surface area contributed by atoms with Crippen LogP contribution in [0.3, 0.4) is 0 Å². The summed E-state index contributed by atoms with van der Waals surface area (Å²) in [6.07, 6.45) is 7.01. The quantitative estimate of drug-likeness (QED) is 0.278. The first-order valence-corrected chi connectivity index (χ1v) is 13.4. The summed E-state index contributed by atoms with van der Waals surface area (Å²) in [7, 11) is 0. The third-order valence-electron chi connectivity index (χ3n) is 7.02. The van der Waals surface area contributed by atoms with Crippen molar-refractivity contribution in [2.45, 2.75) is 19.4 Å². The number of carbonyl (C=O) groups excluding carboxylic acids is 1. The van der Waals surface area contributed by atoms with Crippen LogP contribution >= 0.6 is 0 Å². The summed E-state index contributed by atoms with van der Waals surface area (Å²) in [5.41, 5.74) is 10.8. The van der Waals surface area contributed by atoms with Gasteiger partial charge in [-0.15, -0.1) is 0 Å². The van der Waals surface area contributed by atoms with E-state index in [2.05, 4.69) is 40.8 Å². The third kappa shape index (κ3) is 5.64. The maximum atomic E-state index is 13.0. The van der Waals surface area contributed by atoms with Crippen LogP contribution in [0, 0.1) is 0 Å². The maximum absolute atomic E-state index is 13.0. The van der Waals surface area contributed by atoms with E-state index in [4.69, 9.17) is 10.5 Å². The number of rotatable bonds is 7. The zero-order valence-corrected chi connectivity index (χ0v) is 22.1. The van der Waals surface area contributed by atoms with Crippen LogP contribution in [0.15, 0.2) is 61.1 Å². The van der Waals surface area contributed by atoms with Gasteiger partial charge in [-0.1, -0.05) is 12.1 Å². The number of nitrogens with one attached hydrogen (secondary N) is 3. The second-order valence-electron chi connectivity index (χ2n) is 9.73. The summed E-state index contributed by atoms with van der Waals surface area (Å²) in [5, 5.41) is 9.72. The number of aromatic nitrogens is 4. The molecule has 0 radical (unpaired) electrons. The number of anilines is 4. The Labute approximate surface area is 232 Å². The second-order valence-corrected chi connectivity index (χ2v) is 9.73. The van der Waals surface area contributed by atoms with Gasteiger partial charge in [0.25, 0.3) is 5.91 Å². The van der Waals surface area contributed by atoms with Crippen LogP contribution < -0.4 is 31.3 Å². The first-order valence-electron chi connectivity index (χ1n) is 13.4. The van der Waals surface area contributed by atoms with Crippen LogP contribution in [0.25, 0.3) is 11.3 Å². The molecule has 0 atom stereocenters. The zero-order valence-electron chi connectivity index (χ0n) is 22.1. The number of carbonyl (C=O) groups is 1. The monoisotopic (exact) mass is 537 g/mol. The van der Waals surface area contributed by atoms with Gasteiger partial charge < -0.3 is 31.3 Å². The molecule has 11 heteroatoms. The van der Waals surface area contributed by atoms with E-state index in [1.165, 1.54) is 0 Å². The van der Waals surface area contributed by atoms with Gasteiger partial charge in [-0.25, -0.2) is 19.9 Å². The fourth-order valence-electron chi connectivity index (χ4n) is 4.99. The highest BCUT2D eigenvalue weighted by Crippen LogP contribution is 2.39. The van der Waals surface area contributed by atoms with E-state index >= 15 is 0 Å². The fraction of sp³-hybridized carbons (Fsp3) is 0.276. The molecular formula is C29H31N9O2. The molecule has 11 nitrogen and oxygen atoms in total. The highest BCUT2D eigenvalue weighted by atomic mass is 16.5. The maximum Gasteiger partial charge on any atom is 0.256 e. The van der Waals surface area contributed by atoms with Crippen molar-refractivity contribution in [2.75, 3.05) is 54.1 Å². The first kappa shape index (κ1) is 25.5. The molecule has 1 aromatic carbocycles. The van der Waals surface area contributed by atoms with Crippen molar-refractivity contribution < 1.29 is 9.53 Å². The SMILES string of the molecule is Nc1nccc(-c2cnc(NCc3cccc(C(=O)Nc4ccc(N5CCCNCC5)cn4)c3)c3c2OCC3)n1. The van der Waals surface area contributed by atoms with E-state index in [-0.39, 0.29) is 11.9 Å². The predicted molar refractivity (Wildman–Crippen MR) is 155 cm³/mol. The molecular weight excluding hydrogens is 506 g/mol. The molecule has 2 aliphatic heterocycles. The second kappa shape index (κ2) is 11.5. The van der Waals surface area contributed by atoms with Gasteiger partial charge in [-0.3, -0.25) is 4.79 Å².